The molecule has 1 aromatic heterocycles. The number of hydrogen-bond donors (Lipinski definition) is 1. The van der Waals surface area contributed by atoms with E-state index in [1.807, 2.05) is 6.92 Å². The summed E-state index contributed by atoms with van der Waals surface area (Å²) < 4.78 is 41.3. The summed E-state index contributed by atoms with van der Waals surface area (Å²) in [7, 11) is 0. The van der Waals surface area contributed by atoms with Gasteiger partial charge in [-0.3, -0.25) is 0 Å². The van der Waals surface area contributed by atoms with E-state index in [1.165, 1.54) is 4.57 Å². The maximum absolute atomic E-state index is 13.3. The van der Waals surface area contributed by atoms with Gasteiger partial charge in [0.1, 0.15) is 0 Å². The number of urea groups is 1. The third kappa shape index (κ3) is 3.72. The average Bonchev–Trinajstić information content (AvgIpc) is 2.95. The lowest BCUT2D eigenvalue weighted by Crippen LogP contribution is -2.44. The van der Waals surface area contributed by atoms with Crippen molar-refractivity contribution in [3.8, 4) is 0 Å². The number of halogens is 3. The van der Waals surface area contributed by atoms with Gasteiger partial charge >= 0.3 is 12.2 Å². The Morgan fingerprint density at radius 1 is 1.28 bits per heavy atom. The molecular formula is C17H21F3N4O. The maximum atomic E-state index is 13.3. The second kappa shape index (κ2) is 6.93. The van der Waals surface area contributed by atoms with Crippen LogP contribution in [0.25, 0.3) is 11.0 Å². The Labute approximate surface area is 143 Å². The number of amides is 2. The van der Waals surface area contributed by atoms with E-state index in [2.05, 4.69) is 10.3 Å². The van der Waals surface area contributed by atoms with Crippen LogP contribution in [0.1, 0.15) is 25.6 Å². The molecule has 1 aliphatic heterocycles. The number of alkyl halides is 3. The molecule has 1 aromatic carbocycles. The molecule has 0 radical (unpaired) electrons. The summed E-state index contributed by atoms with van der Waals surface area (Å²) in [6.45, 7) is 3.80. The Morgan fingerprint density at radius 2 is 1.96 bits per heavy atom. The summed E-state index contributed by atoms with van der Waals surface area (Å²) in [5.74, 6) is -0.760. The second-order valence-corrected chi connectivity index (χ2v) is 6.30. The van der Waals surface area contributed by atoms with Crippen molar-refractivity contribution in [2.45, 2.75) is 32.5 Å². The van der Waals surface area contributed by atoms with Crippen molar-refractivity contribution in [3.05, 3.63) is 30.1 Å². The Morgan fingerprint density at radius 3 is 2.60 bits per heavy atom. The molecule has 1 saturated heterocycles. The molecule has 1 N–H and O–H groups in total. The third-order valence-electron chi connectivity index (χ3n) is 4.58. The number of para-hydroxylation sites is 2. The average molecular weight is 354 g/mol. The molecule has 1 fully saturated rings. The van der Waals surface area contributed by atoms with Crippen molar-refractivity contribution in [2.24, 2.45) is 5.92 Å². The molecule has 3 rings (SSSR count). The predicted molar refractivity (Wildman–Crippen MR) is 88.1 cm³/mol. The van der Waals surface area contributed by atoms with Gasteiger partial charge in [-0.2, -0.15) is 13.2 Å². The zero-order chi connectivity index (χ0) is 18.0. The minimum absolute atomic E-state index is 0.0874. The Balaban J connectivity index is 1.77. The first-order valence-electron chi connectivity index (χ1n) is 8.45. The summed E-state index contributed by atoms with van der Waals surface area (Å²) in [6.07, 6.45) is -3.12. The molecule has 8 heteroatoms. The largest absolute Gasteiger partial charge is 0.449 e. The topological polar surface area (TPSA) is 50.2 Å². The molecule has 5 nitrogen and oxygen atoms in total. The SMILES string of the molecule is CCNC(=O)N1CCC(Cn2c(C(F)(F)F)nc3ccccc32)CC1. The Hall–Kier alpha value is -2.25. The van der Waals surface area contributed by atoms with E-state index in [4.69, 9.17) is 0 Å². The number of hydrogen-bond acceptors (Lipinski definition) is 2. The Kier molecular flexibility index (Phi) is 4.87. The van der Waals surface area contributed by atoms with Crippen LogP contribution in [0.4, 0.5) is 18.0 Å². The minimum atomic E-state index is -4.49. The van der Waals surface area contributed by atoms with Gasteiger partial charge in [0.2, 0.25) is 5.82 Å². The number of likely N-dealkylation sites (tertiary alicyclic amines) is 1. The standard InChI is InChI=1S/C17H21F3N4O/c1-2-21-16(25)23-9-7-12(8-10-23)11-24-14-6-4-3-5-13(14)22-15(24)17(18,19)20/h3-6,12H,2,7-11H2,1H3,(H,21,25). The number of imidazole rings is 1. The number of fused-ring (bicyclic) bond motifs is 1. The highest BCUT2D eigenvalue weighted by atomic mass is 19.4. The normalized spacial score (nSPS) is 16.4. The predicted octanol–water partition coefficient (Wildman–Crippen LogP) is 3.50. The molecule has 0 spiro atoms. The van der Waals surface area contributed by atoms with Crippen LogP contribution in [0.3, 0.4) is 0 Å². The van der Waals surface area contributed by atoms with Crippen molar-refractivity contribution in [1.82, 2.24) is 19.8 Å². The smallest absolute Gasteiger partial charge is 0.338 e. The number of carbonyl (C=O) groups excluding carboxylic acids is 1. The maximum Gasteiger partial charge on any atom is 0.449 e. The van der Waals surface area contributed by atoms with E-state index >= 15 is 0 Å². The van der Waals surface area contributed by atoms with E-state index in [9.17, 15) is 18.0 Å². The summed E-state index contributed by atoms with van der Waals surface area (Å²) >= 11 is 0. The zero-order valence-corrected chi connectivity index (χ0v) is 14.0. The number of aromatic nitrogens is 2. The molecule has 0 atom stereocenters. The highest BCUT2D eigenvalue weighted by molar-refractivity contribution is 5.76. The van der Waals surface area contributed by atoms with Crippen LogP contribution >= 0.6 is 0 Å². The van der Waals surface area contributed by atoms with Crippen molar-refractivity contribution < 1.29 is 18.0 Å². The second-order valence-electron chi connectivity index (χ2n) is 6.30. The summed E-state index contributed by atoms with van der Waals surface area (Å²) in [6, 6.07) is 6.56. The summed E-state index contributed by atoms with van der Waals surface area (Å²) in [4.78, 5) is 17.3. The monoisotopic (exact) mass is 354 g/mol. The number of nitrogens with one attached hydrogen (secondary N) is 1. The fourth-order valence-electron chi connectivity index (χ4n) is 3.32. The minimum Gasteiger partial charge on any atom is -0.338 e. The van der Waals surface area contributed by atoms with Crippen molar-refractivity contribution in [1.29, 1.82) is 0 Å². The molecule has 0 unspecified atom stereocenters. The van der Waals surface area contributed by atoms with Gasteiger partial charge in [-0.15, -0.1) is 0 Å². The zero-order valence-electron chi connectivity index (χ0n) is 14.0. The van der Waals surface area contributed by atoms with Crippen LogP contribution in [-0.4, -0.2) is 40.1 Å². The van der Waals surface area contributed by atoms with Gasteiger partial charge in [-0.05, 0) is 37.8 Å². The van der Waals surface area contributed by atoms with E-state index in [-0.39, 0.29) is 18.5 Å². The molecule has 0 saturated carbocycles. The van der Waals surface area contributed by atoms with E-state index in [0.29, 0.717) is 43.5 Å². The number of piperidine rings is 1. The number of benzene rings is 1. The summed E-state index contributed by atoms with van der Waals surface area (Å²) in [5, 5.41) is 2.75. The van der Waals surface area contributed by atoms with Crippen molar-refractivity contribution in [3.63, 3.8) is 0 Å². The van der Waals surface area contributed by atoms with Crippen LogP contribution in [0, 0.1) is 5.92 Å². The van der Waals surface area contributed by atoms with Crippen LogP contribution in [-0.2, 0) is 12.7 Å². The van der Waals surface area contributed by atoms with Gasteiger partial charge < -0.3 is 14.8 Å². The van der Waals surface area contributed by atoms with Crippen LogP contribution in [0.5, 0.6) is 0 Å². The Bertz CT molecular complexity index is 748. The quantitative estimate of drug-likeness (QED) is 0.917. The van der Waals surface area contributed by atoms with Crippen molar-refractivity contribution >= 4 is 17.1 Å². The van der Waals surface area contributed by atoms with E-state index in [1.54, 1.807) is 29.2 Å². The highest BCUT2D eigenvalue weighted by Crippen LogP contribution is 2.33. The molecule has 0 aliphatic carbocycles. The van der Waals surface area contributed by atoms with E-state index < -0.39 is 12.0 Å². The fraction of sp³-hybridized carbons (Fsp3) is 0.529. The molecule has 2 heterocycles. The molecule has 0 bridgehead atoms. The van der Waals surface area contributed by atoms with Crippen LogP contribution in [0.15, 0.2) is 24.3 Å². The third-order valence-corrected chi connectivity index (χ3v) is 4.58. The molecule has 2 amide bonds. The number of nitrogens with zero attached hydrogens (tertiary/aromatic N) is 3. The molecule has 25 heavy (non-hydrogen) atoms. The number of carbonyl (C=O) groups is 1. The van der Waals surface area contributed by atoms with Gasteiger partial charge in [-0.25, -0.2) is 9.78 Å². The molecule has 2 aromatic rings. The molecular weight excluding hydrogens is 333 g/mol. The molecule has 136 valence electrons. The molecule has 1 aliphatic rings. The van der Waals surface area contributed by atoms with Gasteiger partial charge in [0.15, 0.2) is 0 Å². The fourth-order valence-corrected chi connectivity index (χ4v) is 3.32. The summed E-state index contributed by atoms with van der Waals surface area (Å²) in [5.41, 5.74) is 0.857. The lowest BCUT2D eigenvalue weighted by Gasteiger charge is -2.32. The first-order valence-corrected chi connectivity index (χ1v) is 8.45. The lowest BCUT2D eigenvalue weighted by molar-refractivity contribution is -0.147. The first-order chi connectivity index (χ1) is 11.9. The van der Waals surface area contributed by atoms with Crippen LogP contribution < -0.4 is 5.32 Å². The van der Waals surface area contributed by atoms with Crippen LogP contribution in [0.2, 0.25) is 0 Å². The lowest BCUT2D eigenvalue weighted by atomic mass is 9.96. The van der Waals surface area contributed by atoms with Gasteiger partial charge in [0.05, 0.1) is 11.0 Å². The highest BCUT2D eigenvalue weighted by Gasteiger charge is 2.38. The number of rotatable bonds is 3. The van der Waals surface area contributed by atoms with Gasteiger partial charge in [0.25, 0.3) is 0 Å². The first kappa shape index (κ1) is 17.6. The van der Waals surface area contributed by atoms with E-state index in [0.717, 1.165) is 0 Å². The van der Waals surface area contributed by atoms with Crippen molar-refractivity contribution in [2.75, 3.05) is 19.6 Å². The van der Waals surface area contributed by atoms with Gasteiger partial charge in [0, 0.05) is 26.2 Å². The van der Waals surface area contributed by atoms with Gasteiger partial charge in [-0.1, -0.05) is 12.1 Å².